The van der Waals surface area contributed by atoms with Gasteiger partial charge in [0.25, 0.3) is 0 Å². The fraction of sp³-hybridized carbons (Fsp3) is 0.571. The smallest absolute Gasteiger partial charge is 0.120 e. The molecule has 2 rings (SSSR count). The molecule has 3 nitrogen and oxygen atoms in total. The number of benzene rings is 1. The largest absolute Gasteiger partial charge is 0.497 e. The van der Waals surface area contributed by atoms with Gasteiger partial charge in [0.15, 0.2) is 0 Å². The monoisotopic (exact) mass is 235 g/mol. The average Bonchev–Trinajstić information content (AvgIpc) is 2.35. The Balaban J connectivity index is 2.11. The molecule has 17 heavy (non-hydrogen) atoms. The van der Waals surface area contributed by atoms with Crippen molar-refractivity contribution in [3.8, 4) is 5.75 Å². The second-order valence-electron chi connectivity index (χ2n) is 4.78. The lowest BCUT2D eigenvalue weighted by Crippen LogP contribution is -2.36. The highest BCUT2D eigenvalue weighted by molar-refractivity contribution is 5.55. The number of methoxy groups -OCH3 is 1. The molecule has 0 saturated heterocycles. The number of hydrogen-bond acceptors (Lipinski definition) is 3. The van der Waals surface area contributed by atoms with Gasteiger partial charge < -0.3 is 15.2 Å². The van der Waals surface area contributed by atoms with E-state index in [0.29, 0.717) is 0 Å². The summed E-state index contributed by atoms with van der Waals surface area (Å²) in [5.74, 6) is 0.850. The molecule has 2 N–H and O–H groups in total. The first kappa shape index (κ1) is 12.2. The first-order valence-electron chi connectivity index (χ1n) is 6.30. The van der Waals surface area contributed by atoms with Gasteiger partial charge in [0.1, 0.15) is 5.75 Å². The van der Waals surface area contributed by atoms with Crippen molar-refractivity contribution in [2.45, 2.75) is 44.8 Å². The first-order valence-corrected chi connectivity index (χ1v) is 6.30. The van der Waals surface area contributed by atoms with E-state index < -0.39 is 0 Å². The molecule has 0 radical (unpaired) electrons. The van der Waals surface area contributed by atoms with Gasteiger partial charge in [-0.05, 0) is 31.4 Å². The summed E-state index contributed by atoms with van der Waals surface area (Å²) in [6.45, 7) is 2.07. The zero-order valence-corrected chi connectivity index (χ0v) is 10.6. The maximum Gasteiger partial charge on any atom is 0.120 e. The summed E-state index contributed by atoms with van der Waals surface area (Å²) < 4.78 is 5.22. The van der Waals surface area contributed by atoms with Crippen LogP contribution in [0.1, 0.15) is 31.2 Å². The zero-order chi connectivity index (χ0) is 12.3. The maximum atomic E-state index is 9.95. The highest BCUT2D eigenvalue weighted by atomic mass is 16.5. The summed E-state index contributed by atoms with van der Waals surface area (Å²) in [4.78, 5) is 0. The quantitative estimate of drug-likeness (QED) is 0.846. The molecule has 0 heterocycles. The van der Waals surface area contributed by atoms with E-state index in [4.69, 9.17) is 4.74 Å². The van der Waals surface area contributed by atoms with Crippen LogP contribution in [0, 0.1) is 6.92 Å². The molecule has 0 aromatic heterocycles. The minimum absolute atomic E-state index is 0.176. The molecule has 0 bridgehead atoms. The zero-order valence-electron chi connectivity index (χ0n) is 10.6. The standard InChI is InChI=1S/C14H21NO2/c1-10-7-8-11(17-2)9-13(10)15-12-5-3-4-6-14(12)16/h7-9,12,14-16H,3-6H2,1-2H3. The van der Waals surface area contributed by atoms with Crippen molar-refractivity contribution in [2.75, 3.05) is 12.4 Å². The predicted molar refractivity (Wildman–Crippen MR) is 69.6 cm³/mol. The molecule has 0 spiro atoms. The highest BCUT2D eigenvalue weighted by Gasteiger charge is 2.23. The predicted octanol–water partition coefficient (Wildman–Crippen LogP) is 2.72. The van der Waals surface area contributed by atoms with E-state index in [2.05, 4.69) is 12.2 Å². The van der Waals surface area contributed by atoms with Crippen molar-refractivity contribution < 1.29 is 9.84 Å². The first-order chi connectivity index (χ1) is 8.20. The highest BCUT2D eigenvalue weighted by Crippen LogP contribution is 2.26. The summed E-state index contributed by atoms with van der Waals surface area (Å²) in [5, 5.41) is 13.4. The second-order valence-corrected chi connectivity index (χ2v) is 4.78. The second kappa shape index (κ2) is 5.41. The van der Waals surface area contributed by atoms with Gasteiger partial charge in [0.2, 0.25) is 0 Å². The van der Waals surface area contributed by atoms with Crippen LogP contribution in [0.2, 0.25) is 0 Å². The van der Waals surface area contributed by atoms with E-state index in [9.17, 15) is 5.11 Å². The lowest BCUT2D eigenvalue weighted by Gasteiger charge is -2.29. The van der Waals surface area contributed by atoms with Gasteiger partial charge in [-0.1, -0.05) is 18.9 Å². The van der Waals surface area contributed by atoms with E-state index in [1.165, 1.54) is 12.0 Å². The summed E-state index contributed by atoms with van der Waals surface area (Å²) >= 11 is 0. The summed E-state index contributed by atoms with van der Waals surface area (Å²) in [6, 6.07) is 6.17. The van der Waals surface area contributed by atoms with E-state index in [0.717, 1.165) is 30.7 Å². The van der Waals surface area contributed by atoms with Gasteiger partial charge in [0, 0.05) is 11.8 Å². The van der Waals surface area contributed by atoms with Gasteiger partial charge in [-0.2, -0.15) is 0 Å². The van der Waals surface area contributed by atoms with Gasteiger partial charge in [-0.25, -0.2) is 0 Å². The Kier molecular flexibility index (Phi) is 3.89. The van der Waals surface area contributed by atoms with E-state index in [-0.39, 0.29) is 12.1 Å². The van der Waals surface area contributed by atoms with Crippen LogP contribution >= 0.6 is 0 Å². The Morgan fingerprint density at radius 1 is 1.29 bits per heavy atom. The summed E-state index contributed by atoms with van der Waals surface area (Å²) in [5.41, 5.74) is 2.25. The van der Waals surface area contributed by atoms with Crippen molar-refractivity contribution in [2.24, 2.45) is 0 Å². The molecule has 0 aliphatic heterocycles. The van der Waals surface area contributed by atoms with E-state index in [1.807, 2.05) is 18.2 Å². The lowest BCUT2D eigenvalue weighted by atomic mass is 9.92. The Labute approximate surface area is 103 Å². The fourth-order valence-corrected chi connectivity index (χ4v) is 2.36. The molecule has 94 valence electrons. The molecule has 1 aliphatic rings. The van der Waals surface area contributed by atoms with Crippen LogP contribution in [-0.4, -0.2) is 24.4 Å². The van der Waals surface area contributed by atoms with Crippen LogP contribution in [0.5, 0.6) is 5.75 Å². The number of hydrogen-bond donors (Lipinski definition) is 2. The van der Waals surface area contributed by atoms with Crippen LogP contribution in [0.25, 0.3) is 0 Å². The molecule has 2 unspecified atom stereocenters. The molecule has 1 saturated carbocycles. The molecule has 1 fully saturated rings. The molecular formula is C14H21NO2. The van der Waals surface area contributed by atoms with Crippen molar-refractivity contribution in [1.29, 1.82) is 0 Å². The van der Waals surface area contributed by atoms with Crippen LogP contribution in [-0.2, 0) is 0 Å². The number of aryl methyl sites for hydroxylation is 1. The van der Waals surface area contributed by atoms with Crippen LogP contribution in [0.4, 0.5) is 5.69 Å². The van der Waals surface area contributed by atoms with E-state index in [1.54, 1.807) is 7.11 Å². The van der Waals surface area contributed by atoms with Gasteiger partial charge >= 0.3 is 0 Å². The third-order valence-corrected chi connectivity index (χ3v) is 3.52. The molecule has 2 atom stereocenters. The maximum absolute atomic E-state index is 9.95. The fourth-order valence-electron chi connectivity index (χ4n) is 2.36. The average molecular weight is 235 g/mol. The molecule has 1 aliphatic carbocycles. The number of nitrogens with one attached hydrogen (secondary N) is 1. The number of rotatable bonds is 3. The van der Waals surface area contributed by atoms with E-state index >= 15 is 0 Å². The topological polar surface area (TPSA) is 41.5 Å². The minimum Gasteiger partial charge on any atom is -0.497 e. The third-order valence-electron chi connectivity index (χ3n) is 3.52. The molecule has 1 aromatic carbocycles. The van der Waals surface area contributed by atoms with Crippen molar-refractivity contribution >= 4 is 5.69 Å². The Morgan fingerprint density at radius 2 is 2.06 bits per heavy atom. The van der Waals surface area contributed by atoms with Crippen molar-refractivity contribution in [1.82, 2.24) is 0 Å². The molecule has 3 heteroatoms. The Morgan fingerprint density at radius 3 is 2.76 bits per heavy atom. The van der Waals surface area contributed by atoms with Gasteiger partial charge in [-0.15, -0.1) is 0 Å². The molecule has 1 aromatic rings. The van der Waals surface area contributed by atoms with Crippen molar-refractivity contribution in [3.05, 3.63) is 23.8 Å². The number of aliphatic hydroxyl groups excluding tert-OH is 1. The van der Waals surface area contributed by atoms with Gasteiger partial charge in [0.05, 0.1) is 19.3 Å². The number of anilines is 1. The normalized spacial score (nSPS) is 24.4. The molecule has 0 amide bonds. The van der Waals surface area contributed by atoms with Crippen molar-refractivity contribution in [3.63, 3.8) is 0 Å². The van der Waals surface area contributed by atoms with Crippen LogP contribution in [0.3, 0.4) is 0 Å². The van der Waals surface area contributed by atoms with Crippen LogP contribution < -0.4 is 10.1 Å². The SMILES string of the molecule is COc1ccc(C)c(NC2CCCCC2O)c1. The minimum atomic E-state index is -0.227. The summed E-state index contributed by atoms with van der Waals surface area (Å²) in [6.07, 6.45) is 4.04. The summed E-state index contributed by atoms with van der Waals surface area (Å²) in [7, 11) is 1.67. The Bertz CT molecular complexity index is 378. The molecular weight excluding hydrogens is 214 g/mol. The number of ether oxygens (including phenoxy) is 1. The number of aliphatic hydroxyl groups is 1. The Hall–Kier alpha value is -1.22. The van der Waals surface area contributed by atoms with Crippen LogP contribution in [0.15, 0.2) is 18.2 Å². The lowest BCUT2D eigenvalue weighted by molar-refractivity contribution is 0.116. The third kappa shape index (κ3) is 2.91. The van der Waals surface area contributed by atoms with Gasteiger partial charge in [-0.3, -0.25) is 0 Å².